The highest BCUT2D eigenvalue weighted by molar-refractivity contribution is 9.10. The van der Waals surface area contributed by atoms with Crippen LogP contribution in [0.4, 0.5) is 0 Å². The molecule has 1 unspecified atom stereocenters. The van der Waals surface area contributed by atoms with Crippen molar-refractivity contribution in [3.8, 4) is 22.8 Å². The number of benzene rings is 2. The molecule has 0 radical (unpaired) electrons. The highest BCUT2D eigenvalue weighted by Crippen LogP contribution is 2.41. The summed E-state index contributed by atoms with van der Waals surface area (Å²) in [6.45, 7) is 3.61. The first-order valence-electron chi connectivity index (χ1n) is 12.3. The van der Waals surface area contributed by atoms with Gasteiger partial charge in [0.25, 0.3) is 5.56 Å². The molecule has 2 aromatic heterocycles. The molecule has 5 rings (SSSR count). The number of methoxy groups -OCH3 is 2. The highest BCUT2D eigenvalue weighted by atomic mass is 79.9. The summed E-state index contributed by atoms with van der Waals surface area (Å²) in [5, 5.41) is 0.848. The molecule has 41 heavy (non-hydrogen) atoms. The van der Waals surface area contributed by atoms with Crippen LogP contribution in [0, 0.1) is 0 Å². The monoisotopic (exact) mass is 676 g/mol. The van der Waals surface area contributed by atoms with E-state index >= 15 is 0 Å². The Kier molecular flexibility index (Phi) is 8.47. The molecule has 12 heteroatoms. The van der Waals surface area contributed by atoms with E-state index in [0.29, 0.717) is 58.1 Å². The molecule has 0 saturated carbocycles. The molecule has 0 spiro atoms. The van der Waals surface area contributed by atoms with Crippen molar-refractivity contribution in [2.45, 2.75) is 19.9 Å². The van der Waals surface area contributed by atoms with Crippen molar-refractivity contribution in [2.24, 2.45) is 4.99 Å². The maximum absolute atomic E-state index is 13.9. The Morgan fingerprint density at radius 2 is 1.85 bits per heavy atom. The molecule has 0 aliphatic carbocycles. The summed E-state index contributed by atoms with van der Waals surface area (Å²) < 4.78 is 24.8. The van der Waals surface area contributed by atoms with E-state index in [4.69, 9.17) is 41.8 Å². The van der Waals surface area contributed by atoms with E-state index < -0.39 is 12.0 Å². The van der Waals surface area contributed by atoms with Crippen molar-refractivity contribution in [2.75, 3.05) is 20.8 Å². The lowest BCUT2D eigenvalue weighted by Gasteiger charge is -2.26. The van der Waals surface area contributed by atoms with Gasteiger partial charge in [-0.2, -0.15) is 0 Å². The van der Waals surface area contributed by atoms with Gasteiger partial charge in [0.1, 0.15) is 11.5 Å². The van der Waals surface area contributed by atoms with E-state index in [2.05, 4.69) is 20.9 Å². The van der Waals surface area contributed by atoms with Crippen LogP contribution in [0.1, 0.15) is 31.2 Å². The first-order valence-corrected chi connectivity index (χ1v) is 14.7. The predicted octanol–water partition coefficient (Wildman–Crippen LogP) is 6.14. The Labute approximate surface area is 257 Å². The van der Waals surface area contributed by atoms with E-state index in [-0.39, 0.29) is 17.7 Å². The summed E-state index contributed by atoms with van der Waals surface area (Å²) in [6.07, 6.45) is 1.65. The summed E-state index contributed by atoms with van der Waals surface area (Å²) in [4.78, 5) is 32.2. The number of halogens is 3. The number of hydrogen-bond donors (Lipinski definition) is 0. The number of esters is 1. The zero-order valence-corrected chi connectivity index (χ0v) is 26.2. The molecule has 1 atom stereocenters. The number of aromatic nitrogens is 1. The molecular weight excluding hydrogens is 655 g/mol. The summed E-state index contributed by atoms with van der Waals surface area (Å²) in [5.41, 5.74) is 1.70. The molecule has 8 nitrogen and oxygen atoms in total. The van der Waals surface area contributed by atoms with E-state index in [0.717, 1.165) is 5.56 Å². The van der Waals surface area contributed by atoms with E-state index in [1.807, 2.05) is 0 Å². The third-order valence-corrected chi connectivity index (χ3v) is 8.83. The molecule has 0 bridgehead atoms. The van der Waals surface area contributed by atoms with Crippen molar-refractivity contribution in [1.82, 2.24) is 4.57 Å². The lowest BCUT2D eigenvalue weighted by atomic mass is 9.95. The quantitative estimate of drug-likeness (QED) is 0.218. The number of carbonyl (C=O) groups is 1. The van der Waals surface area contributed by atoms with E-state index in [9.17, 15) is 9.59 Å². The first kappa shape index (κ1) is 29.2. The fourth-order valence-corrected chi connectivity index (χ4v) is 6.39. The number of furan rings is 1. The van der Waals surface area contributed by atoms with Gasteiger partial charge in [0.05, 0.1) is 52.7 Å². The van der Waals surface area contributed by atoms with Crippen LogP contribution in [-0.4, -0.2) is 31.4 Å². The fraction of sp³-hybridized carbons (Fsp3) is 0.207. The van der Waals surface area contributed by atoms with Crippen molar-refractivity contribution < 1.29 is 23.4 Å². The number of ether oxygens (including phenoxy) is 3. The Morgan fingerprint density at radius 1 is 1.12 bits per heavy atom. The van der Waals surface area contributed by atoms with Crippen LogP contribution >= 0.6 is 50.5 Å². The standard InChI is InChI=1S/C29H23BrCl2N2O6S/c1-5-39-28(36)25-14(2)33-29-34(26(25)17-12-22(37-3)23(38-4)13-18(17)30)27(35)24(41-29)11-16-7-9-21(40-16)15-6-8-19(31)20(32)10-15/h6-13,26H,5H2,1-4H3. The molecule has 3 heterocycles. The Bertz CT molecular complexity index is 1890. The van der Waals surface area contributed by atoms with Crippen molar-refractivity contribution in [1.29, 1.82) is 0 Å². The van der Waals surface area contributed by atoms with Gasteiger partial charge in [-0.3, -0.25) is 9.36 Å². The number of allylic oxidation sites excluding steroid dienone is 1. The lowest BCUT2D eigenvalue weighted by molar-refractivity contribution is -0.139. The highest BCUT2D eigenvalue weighted by Gasteiger charge is 2.35. The Morgan fingerprint density at radius 3 is 2.54 bits per heavy atom. The number of fused-ring (bicyclic) bond motifs is 1. The van der Waals surface area contributed by atoms with Gasteiger partial charge in [-0.15, -0.1) is 0 Å². The van der Waals surface area contributed by atoms with Gasteiger partial charge in [-0.1, -0.05) is 50.5 Å². The summed E-state index contributed by atoms with van der Waals surface area (Å²) in [6, 6.07) is 11.4. The maximum atomic E-state index is 13.9. The van der Waals surface area contributed by atoms with Gasteiger partial charge in [0, 0.05) is 16.1 Å². The molecule has 1 aliphatic rings. The second kappa shape index (κ2) is 11.9. The van der Waals surface area contributed by atoms with Gasteiger partial charge in [-0.25, -0.2) is 9.79 Å². The van der Waals surface area contributed by atoms with E-state index in [1.165, 1.54) is 30.1 Å². The number of carbonyl (C=O) groups excluding carboxylic acids is 1. The Hall–Kier alpha value is -3.31. The first-order chi connectivity index (χ1) is 19.7. The zero-order chi connectivity index (χ0) is 29.4. The van der Waals surface area contributed by atoms with Crippen LogP contribution in [0.25, 0.3) is 17.4 Å². The van der Waals surface area contributed by atoms with Crippen molar-refractivity contribution >= 4 is 62.5 Å². The van der Waals surface area contributed by atoms with Gasteiger partial charge in [0.2, 0.25) is 0 Å². The van der Waals surface area contributed by atoms with Crippen LogP contribution in [0.3, 0.4) is 0 Å². The van der Waals surface area contributed by atoms with Crippen LogP contribution in [0.15, 0.2) is 72.4 Å². The minimum absolute atomic E-state index is 0.166. The van der Waals surface area contributed by atoms with Crippen molar-refractivity contribution in [3.63, 3.8) is 0 Å². The molecule has 1 aliphatic heterocycles. The average molecular weight is 678 g/mol. The number of thiazole rings is 1. The molecular formula is C29H23BrCl2N2O6S. The van der Waals surface area contributed by atoms with E-state index in [1.54, 1.807) is 62.4 Å². The second-order valence-electron chi connectivity index (χ2n) is 8.86. The topological polar surface area (TPSA) is 92.3 Å². The summed E-state index contributed by atoms with van der Waals surface area (Å²) >= 11 is 17.0. The van der Waals surface area contributed by atoms with Crippen LogP contribution in [-0.2, 0) is 9.53 Å². The normalized spacial score (nSPS) is 15.0. The third-order valence-electron chi connectivity index (χ3n) is 6.42. The predicted molar refractivity (Wildman–Crippen MR) is 162 cm³/mol. The molecule has 212 valence electrons. The Balaban J connectivity index is 1.68. The number of nitrogens with zero attached hydrogens (tertiary/aromatic N) is 2. The third kappa shape index (κ3) is 5.49. The average Bonchev–Trinajstić information content (AvgIpc) is 3.53. The van der Waals surface area contributed by atoms with Gasteiger partial charge < -0.3 is 18.6 Å². The van der Waals surface area contributed by atoms with Gasteiger partial charge >= 0.3 is 5.97 Å². The minimum atomic E-state index is -0.843. The fourth-order valence-electron chi connectivity index (χ4n) is 4.53. The summed E-state index contributed by atoms with van der Waals surface area (Å²) in [7, 11) is 3.05. The largest absolute Gasteiger partial charge is 0.493 e. The van der Waals surface area contributed by atoms with Crippen LogP contribution < -0.4 is 24.4 Å². The van der Waals surface area contributed by atoms with Crippen LogP contribution in [0.2, 0.25) is 10.0 Å². The molecule has 0 N–H and O–H groups in total. The maximum Gasteiger partial charge on any atom is 0.338 e. The smallest absolute Gasteiger partial charge is 0.338 e. The molecule has 0 saturated heterocycles. The number of hydrogen-bond acceptors (Lipinski definition) is 8. The minimum Gasteiger partial charge on any atom is -0.493 e. The zero-order valence-electron chi connectivity index (χ0n) is 22.3. The molecule has 0 fully saturated rings. The molecule has 4 aromatic rings. The second-order valence-corrected chi connectivity index (χ2v) is 11.5. The van der Waals surface area contributed by atoms with Gasteiger partial charge in [0.15, 0.2) is 16.3 Å². The summed E-state index contributed by atoms with van der Waals surface area (Å²) in [5.74, 6) is 1.39. The lowest BCUT2D eigenvalue weighted by Crippen LogP contribution is -2.40. The molecule has 2 aromatic carbocycles. The van der Waals surface area contributed by atoms with Gasteiger partial charge in [-0.05, 0) is 61.9 Å². The SMILES string of the molecule is CCOC(=O)C1=C(C)N=c2sc(=Cc3ccc(-c4ccc(Cl)c(Cl)c4)o3)c(=O)n2C1c1cc(OC)c(OC)cc1Br. The molecule has 0 amide bonds. The van der Waals surface area contributed by atoms with Crippen molar-refractivity contribution in [3.05, 3.63) is 99.3 Å². The van der Waals surface area contributed by atoms with Crippen LogP contribution in [0.5, 0.6) is 11.5 Å². The number of rotatable bonds is 7.